The molecule has 1 aliphatic rings. The molecular weight excluding hydrogens is 196 g/mol. The highest BCUT2D eigenvalue weighted by Crippen LogP contribution is 2.13. The second-order valence-corrected chi connectivity index (χ2v) is 4.77. The van der Waals surface area contributed by atoms with Gasteiger partial charge < -0.3 is 20.5 Å². The van der Waals surface area contributed by atoms with E-state index in [9.17, 15) is 4.79 Å². The molecule has 1 fully saturated rings. The van der Waals surface area contributed by atoms with E-state index in [1.807, 2.05) is 20.8 Å². The van der Waals surface area contributed by atoms with Gasteiger partial charge in [0.2, 0.25) is 0 Å². The normalized spacial score (nSPS) is 26.4. The maximum atomic E-state index is 11.4. The van der Waals surface area contributed by atoms with Crippen molar-refractivity contribution in [2.45, 2.75) is 44.9 Å². The van der Waals surface area contributed by atoms with Crippen LogP contribution in [0, 0.1) is 0 Å². The molecule has 3 N–H and O–H groups in total. The molecule has 5 heteroatoms. The number of ether oxygens (including phenoxy) is 2. The quantitative estimate of drug-likeness (QED) is 0.710. The van der Waals surface area contributed by atoms with Crippen molar-refractivity contribution in [3.05, 3.63) is 0 Å². The van der Waals surface area contributed by atoms with Gasteiger partial charge in [0.15, 0.2) is 0 Å². The van der Waals surface area contributed by atoms with Crippen LogP contribution in [0.5, 0.6) is 0 Å². The van der Waals surface area contributed by atoms with Gasteiger partial charge in [0.1, 0.15) is 5.60 Å². The minimum absolute atomic E-state index is 0.0217. The van der Waals surface area contributed by atoms with Crippen molar-refractivity contribution in [2.24, 2.45) is 5.73 Å². The lowest BCUT2D eigenvalue weighted by Crippen LogP contribution is -2.39. The summed E-state index contributed by atoms with van der Waals surface area (Å²) in [7, 11) is 0. The molecule has 0 bridgehead atoms. The van der Waals surface area contributed by atoms with Crippen molar-refractivity contribution in [3.63, 3.8) is 0 Å². The van der Waals surface area contributed by atoms with E-state index < -0.39 is 11.7 Å². The molecule has 5 nitrogen and oxygen atoms in total. The van der Waals surface area contributed by atoms with E-state index in [2.05, 4.69) is 5.32 Å². The Balaban J connectivity index is 2.28. The number of nitrogens with one attached hydrogen (secondary N) is 1. The van der Waals surface area contributed by atoms with Gasteiger partial charge in [-0.3, -0.25) is 0 Å². The van der Waals surface area contributed by atoms with Gasteiger partial charge in [-0.15, -0.1) is 0 Å². The largest absolute Gasteiger partial charge is 0.444 e. The Labute approximate surface area is 90.3 Å². The zero-order valence-electron chi connectivity index (χ0n) is 9.58. The summed E-state index contributed by atoms with van der Waals surface area (Å²) in [5.41, 5.74) is 5.00. The molecule has 0 radical (unpaired) electrons. The van der Waals surface area contributed by atoms with E-state index in [4.69, 9.17) is 15.2 Å². The van der Waals surface area contributed by atoms with Crippen LogP contribution in [0.25, 0.3) is 0 Å². The summed E-state index contributed by atoms with van der Waals surface area (Å²) >= 11 is 0. The summed E-state index contributed by atoms with van der Waals surface area (Å²) in [4.78, 5) is 11.4. The number of alkyl carbamates (subject to hydrolysis) is 1. The zero-order valence-corrected chi connectivity index (χ0v) is 9.58. The Morgan fingerprint density at radius 3 is 2.73 bits per heavy atom. The lowest BCUT2D eigenvalue weighted by molar-refractivity contribution is 0.0495. The first kappa shape index (κ1) is 12.3. The van der Waals surface area contributed by atoms with Crippen LogP contribution < -0.4 is 11.1 Å². The zero-order chi connectivity index (χ0) is 11.5. The number of carbonyl (C=O) groups is 1. The predicted octanol–water partition coefficient (Wildman–Crippen LogP) is 0.627. The first-order valence-corrected chi connectivity index (χ1v) is 5.22. The summed E-state index contributed by atoms with van der Waals surface area (Å²) in [5.74, 6) is 0. The van der Waals surface area contributed by atoms with Gasteiger partial charge in [0.05, 0.1) is 18.8 Å². The fourth-order valence-electron chi connectivity index (χ4n) is 1.44. The monoisotopic (exact) mass is 216 g/mol. The third-order valence-electron chi connectivity index (χ3n) is 2.06. The van der Waals surface area contributed by atoms with Crippen LogP contribution in [0.1, 0.15) is 27.2 Å². The maximum Gasteiger partial charge on any atom is 0.407 e. The standard InChI is InChI=1S/C10H20N2O3/c1-10(2,3)15-9(13)12-7-4-8(5-11)14-6-7/h7-8H,4-6,11H2,1-3H3,(H,12,13). The van der Waals surface area contributed by atoms with Gasteiger partial charge in [-0.2, -0.15) is 0 Å². The van der Waals surface area contributed by atoms with Crippen LogP contribution >= 0.6 is 0 Å². The van der Waals surface area contributed by atoms with Gasteiger partial charge in [-0.25, -0.2) is 4.79 Å². The number of nitrogens with two attached hydrogens (primary N) is 1. The van der Waals surface area contributed by atoms with E-state index in [1.165, 1.54) is 0 Å². The van der Waals surface area contributed by atoms with E-state index >= 15 is 0 Å². The minimum Gasteiger partial charge on any atom is -0.444 e. The maximum absolute atomic E-state index is 11.4. The third kappa shape index (κ3) is 4.48. The molecule has 1 heterocycles. The number of hydrogen-bond donors (Lipinski definition) is 2. The average Bonchev–Trinajstić information content (AvgIpc) is 2.48. The van der Waals surface area contributed by atoms with Gasteiger partial charge in [0.25, 0.3) is 0 Å². The van der Waals surface area contributed by atoms with Crippen molar-refractivity contribution in [1.82, 2.24) is 5.32 Å². The molecule has 2 atom stereocenters. The van der Waals surface area contributed by atoms with Gasteiger partial charge in [-0.1, -0.05) is 0 Å². The van der Waals surface area contributed by atoms with Crippen molar-refractivity contribution in [3.8, 4) is 0 Å². The first-order valence-electron chi connectivity index (χ1n) is 5.22. The second kappa shape index (κ2) is 4.81. The predicted molar refractivity (Wildman–Crippen MR) is 56.6 cm³/mol. The molecule has 1 saturated heterocycles. The van der Waals surface area contributed by atoms with E-state index in [0.717, 1.165) is 6.42 Å². The summed E-state index contributed by atoms with van der Waals surface area (Å²) in [6.45, 7) is 6.51. The van der Waals surface area contributed by atoms with Crippen LogP contribution in [0.3, 0.4) is 0 Å². The molecule has 0 aromatic heterocycles. The highest BCUT2D eigenvalue weighted by molar-refractivity contribution is 5.68. The van der Waals surface area contributed by atoms with Crippen molar-refractivity contribution in [2.75, 3.05) is 13.2 Å². The fraction of sp³-hybridized carbons (Fsp3) is 0.900. The third-order valence-corrected chi connectivity index (χ3v) is 2.06. The van der Waals surface area contributed by atoms with Crippen molar-refractivity contribution in [1.29, 1.82) is 0 Å². The molecule has 1 aliphatic heterocycles. The molecular formula is C10H20N2O3. The van der Waals surface area contributed by atoms with E-state index in [-0.39, 0.29) is 12.1 Å². The second-order valence-electron chi connectivity index (χ2n) is 4.77. The van der Waals surface area contributed by atoms with Gasteiger partial charge >= 0.3 is 6.09 Å². The van der Waals surface area contributed by atoms with Crippen LogP contribution in [-0.2, 0) is 9.47 Å². The molecule has 0 aromatic carbocycles. The molecule has 15 heavy (non-hydrogen) atoms. The highest BCUT2D eigenvalue weighted by Gasteiger charge is 2.27. The van der Waals surface area contributed by atoms with Crippen LogP contribution in [0.15, 0.2) is 0 Å². The number of carbonyl (C=O) groups excluding carboxylic acids is 1. The fourth-order valence-corrected chi connectivity index (χ4v) is 1.44. The van der Waals surface area contributed by atoms with Crippen molar-refractivity contribution < 1.29 is 14.3 Å². The summed E-state index contributed by atoms with van der Waals surface area (Å²) in [5, 5.41) is 2.76. The highest BCUT2D eigenvalue weighted by atomic mass is 16.6. The topological polar surface area (TPSA) is 73.6 Å². The number of amides is 1. The Kier molecular flexibility index (Phi) is 3.93. The Morgan fingerprint density at radius 2 is 2.27 bits per heavy atom. The molecule has 1 rings (SSSR count). The molecule has 0 saturated carbocycles. The minimum atomic E-state index is -0.461. The van der Waals surface area contributed by atoms with Crippen molar-refractivity contribution >= 4 is 6.09 Å². The number of rotatable bonds is 2. The summed E-state index contributed by atoms with van der Waals surface area (Å²) < 4.78 is 10.5. The molecule has 88 valence electrons. The molecule has 0 spiro atoms. The van der Waals surface area contributed by atoms with Gasteiger partial charge in [-0.05, 0) is 27.2 Å². The van der Waals surface area contributed by atoms with E-state index in [0.29, 0.717) is 13.2 Å². The Bertz CT molecular complexity index is 225. The Morgan fingerprint density at radius 1 is 1.60 bits per heavy atom. The molecule has 0 aromatic rings. The van der Waals surface area contributed by atoms with Crippen LogP contribution in [0.2, 0.25) is 0 Å². The van der Waals surface area contributed by atoms with E-state index in [1.54, 1.807) is 0 Å². The van der Waals surface area contributed by atoms with Crippen LogP contribution in [-0.4, -0.2) is 37.0 Å². The SMILES string of the molecule is CC(C)(C)OC(=O)NC1COC(CN)C1. The Hall–Kier alpha value is -0.810. The van der Waals surface area contributed by atoms with Crippen LogP contribution in [0.4, 0.5) is 4.79 Å². The van der Waals surface area contributed by atoms with Gasteiger partial charge in [0, 0.05) is 6.54 Å². The lowest BCUT2D eigenvalue weighted by atomic mass is 10.2. The lowest BCUT2D eigenvalue weighted by Gasteiger charge is -2.21. The molecule has 0 aliphatic carbocycles. The summed E-state index contributed by atoms with van der Waals surface area (Å²) in [6, 6.07) is 0.0217. The first-order chi connectivity index (χ1) is 6.90. The number of hydrogen-bond acceptors (Lipinski definition) is 4. The molecule has 2 unspecified atom stereocenters. The average molecular weight is 216 g/mol. The smallest absolute Gasteiger partial charge is 0.407 e. The molecule has 1 amide bonds. The summed E-state index contributed by atoms with van der Waals surface area (Å²) in [6.07, 6.45) is 0.425.